The third-order valence-corrected chi connectivity index (χ3v) is 1.04. The Balaban J connectivity index is 5.16. The minimum absolute atomic E-state index is 3.17. The maximum Gasteiger partial charge on any atom is 0.469 e. The van der Waals surface area contributed by atoms with Crippen molar-refractivity contribution in [3.05, 3.63) is 0 Å². The fourth-order valence-corrected chi connectivity index (χ4v) is 0.547. The Labute approximate surface area is 75.2 Å². The van der Waals surface area contributed by atoms with Crippen molar-refractivity contribution in [2.75, 3.05) is 0 Å². The first-order chi connectivity index (χ1) is 6.28. The van der Waals surface area contributed by atoms with Gasteiger partial charge in [0.25, 0.3) is 6.30 Å². The molecule has 0 aromatic heterocycles. The molecule has 0 heterocycles. The average Bonchev–Trinajstić information content (AvgIpc) is 1.76. The van der Waals surface area contributed by atoms with Crippen LogP contribution in [0.1, 0.15) is 0 Å². The van der Waals surface area contributed by atoms with Gasteiger partial charge in [-0.05, 0) is 0 Å². The molecule has 0 radical (unpaired) electrons. The Morgan fingerprint density at radius 1 is 0.667 bits per heavy atom. The molecule has 0 spiro atoms. The molecule has 0 N–H and O–H groups in total. The van der Waals surface area contributed by atoms with Crippen LogP contribution in [-0.2, 0) is 0 Å². The van der Waals surface area contributed by atoms with Crippen molar-refractivity contribution in [1.82, 2.24) is 4.90 Å². The number of halogens is 10. The lowest BCUT2D eigenvalue weighted by molar-refractivity contribution is -0.424. The third-order valence-electron chi connectivity index (χ3n) is 1.04. The predicted molar refractivity (Wildman–Crippen MR) is 24.9 cm³/mol. The van der Waals surface area contributed by atoms with Crippen molar-refractivity contribution < 1.29 is 43.9 Å². The van der Waals surface area contributed by atoms with Crippen molar-refractivity contribution in [2.45, 2.75) is 25.1 Å². The van der Waals surface area contributed by atoms with Crippen LogP contribution in [0.2, 0.25) is 0 Å². The van der Waals surface area contributed by atoms with Gasteiger partial charge in [-0.25, -0.2) is 4.39 Å². The number of hydrogen-bond acceptors (Lipinski definition) is 1. The summed E-state index contributed by atoms with van der Waals surface area (Å²) in [4.78, 5) is -3.17. The largest absolute Gasteiger partial charge is 0.469 e. The van der Waals surface area contributed by atoms with Gasteiger partial charge in [0, 0.05) is 0 Å². The minimum atomic E-state index is -6.51. The summed E-state index contributed by atoms with van der Waals surface area (Å²) >= 11 is 0. The molecule has 15 heavy (non-hydrogen) atoms. The summed E-state index contributed by atoms with van der Waals surface area (Å²) in [6.45, 7) is 0. The van der Waals surface area contributed by atoms with E-state index in [9.17, 15) is 43.9 Å². The van der Waals surface area contributed by atoms with Crippen molar-refractivity contribution in [1.29, 1.82) is 0 Å². The maximum absolute atomic E-state index is 11.9. The Morgan fingerprint density at radius 3 is 1.00 bits per heavy atom. The quantitative estimate of drug-likeness (QED) is 0.512. The summed E-state index contributed by atoms with van der Waals surface area (Å²) in [6.07, 6.45) is -24.5. The van der Waals surface area contributed by atoms with Gasteiger partial charge in [0.15, 0.2) is 0 Å². The van der Waals surface area contributed by atoms with E-state index in [-0.39, 0.29) is 0 Å². The van der Waals surface area contributed by atoms with Crippen molar-refractivity contribution in [3.8, 4) is 0 Å². The molecule has 0 aromatic rings. The van der Waals surface area contributed by atoms with Crippen LogP contribution >= 0.6 is 0 Å². The summed E-state index contributed by atoms with van der Waals surface area (Å²) in [5.41, 5.74) is 0. The van der Waals surface area contributed by atoms with Gasteiger partial charge in [-0.2, -0.15) is 39.5 Å². The lowest BCUT2D eigenvalue weighted by Gasteiger charge is -2.30. The monoisotopic (exact) mass is 253 g/mol. The highest BCUT2D eigenvalue weighted by atomic mass is 19.4. The van der Waals surface area contributed by atoms with Crippen LogP contribution in [0, 0.1) is 0 Å². The molecule has 0 bridgehead atoms. The fraction of sp³-hybridized carbons (Fsp3) is 1.00. The van der Waals surface area contributed by atoms with Crippen LogP contribution in [0.25, 0.3) is 0 Å². The van der Waals surface area contributed by atoms with Crippen molar-refractivity contribution in [2.24, 2.45) is 0 Å². The molecule has 0 aliphatic carbocycles. The van der Waals surface area contributed by atoms with Crippen LogP contribution in [0.3, 0.4) is 0 Å². The molecule has 1 unspecified atom stereocenters. The Kier molecular flexibility index (Phi) is 3.50. The topological polar surface area (TPSA) is 3.24 Å². The molecule has 92 valence electrons. The second kappa shape index (κ2) is 3.68. The van der Waals surface area contributed by atoms with E-state index in [1.165, 1.54) is 0 Å². The second-order valence-electron chi connectivity index (χ2n) is 2.18. The van der Waals surface area contributed by atoms with Crippen molar-refractivity contribution in [3.63, 3.8) is 0 Å². The zero-order chi connectivity index (χ0) is 12.7. The molecule has 0 aliphatic rings. The van der Waals surface area contributed by atoms with E-state index in [4.69, 9.17) is 0 Å². The van der Waals surface area contributed by atoms with Gasteiger partial charge >= 0.3 is 18.8 Å². The van der Waals surface area contributed by atoms with Crippen LogP contribution in [0.5, 0.6) is 0 Å². The van der Waals surface area contributed by atoms with Crippen LogP contribution < -0.4 is 0 Å². The standard InChI is InChI=1S/C4HF10N/c5-1(2(6,7)8)15(3(9,10)11)4(12,13)14/h1H. The number of nitrogens with zero attached hydrogens (tertiary/aromatic N) is 1. The zero-order valence-electron chi connectivity index (χ0n) is 6.30. The molecule has 1 atom stereocenters. The smallest absolute Gasteiger partial charge is 0.219 e. The molecular weight excluding hydrogens is 252 g/mol. The first-order valence-electron chi connectivity index (χ1n) is 2.91. The van der Waals surface area contributed by atoms with E-state index in [0.717, 1.165) is 0 Å². The Hall–Kier alpha value is -0.740. The van der Waals surface area contributed by atoms with Crippen LogP contribution in [-0.4, -0.2) is 30.0 Å². The fourth-order valence-electron chi connectivity index (χ4n) is 0.547. The van der Waals surface area contributed by atoms with E-state index in [1.807, 2.05) is 0 Å². The highest BCUT2D eigenvalue weighted by Gasteiger charge is 2.64. The van der Waals surface area contributed by atoms with Crippen molar-refractivity contribution >= 4 is 0 Å². The van der Waals surface area contributed by atoms with Gasteiger partial charge in [0.05, 0.1) is 0 Å². The molecule has 0 amide bonds. The second-order valence-corrected chi connectivity index (χ2v) is 2.18. The van der Waals surface area contributed by atoms with Gasteiger partial charge in [-0.1, -0.05) is 4.90 Å². The summed E-state index contributed by atoms with van der Waals surface area (Å²) < 4.78 is 115. The predicted octanol–water partition coefficient (Wildman–Crippen LogP) is 3.19. The molecule has 0 rings (SSSR count). The molecular formula is C4HF10N. The highest BCUT2D eigenvalue weighted by molar-refractivity contribution is 4.73. The number of alkyl halides is 10. The van der Waals surface area contributed by atoms with Crippen LogP contribution in [0.4, 0.5) is 43.9 Å². The van der Waals surface area contributed by atoms with Gasteiger partial charge < -0.3 is 0 Å². The third kappa shape index (κ3) is 3.72. The van der Waals surface area contributed by atoms with E-state index in [1.54, 1.807) is 0 Å². The Morgan fingerprint density at radius 2 is 0.933 bits per heavy atom. The minimum Gasteiger partial charge on any atom is -0.219 e. The summed E-state index contributed by atoms with van der Waals surface area (Å²) in [6, 6.07) is 0. The molecule has 0 saturated heterocycles. The van der Waals surface area contributed by atoms with E-state index in [0.29, 0.717) is 0 Å². The highest BCUT2D eigenvalue weighted by Crippen LogP contribution is 2.40. The summed E-state index contributed by atoms with van der Waals surface area (Å²) in [7, 11) is 0. The molecule has 0 aromatic carbocycles. The first kappa shape index (κ1) is 14.3. The zero-order valence-corrected chi connectivity index (χ0v) is 6.30. The number of hydrogen-bond donors (Lipinski definition) is 0. The Bertz CT molecular complexity index is 195. The van der Waals surface area contributed by atoms with Gasteiger partial charge in [-0.3, -0.25) is 0 Å². The van der Waals surface area contributed by atoms with Crippen LogP contribution in [0.15, 0.2) is 0 Å². The summed E-state index contributed by atoms with van der Waals surface area (Å²) in [5.74, 6) is 0. The molecule has 0 aliphatic heterocycles. The SMILES string of the molecule is FC(N(C(F)(F)F)C(F)(F)F)C(F)(F)F. The normalized spacial score (nSPS) is 17.0. The van der Waals surface area contributed by atoms with Gasteiger partial charge in [-0.15, -0.1) is 0 Å². The van der Waals surface area contributed by atoms with E-state index in [2.05, 4.69) is 0 Å². The van der Waals surface area contributed by atoms with Gasteiger partial charge in [0.2, 0.25) is 0 Å². The maximum atomic E-state index is 11.9. The van der Waals surface area contributed by atoms with Gasteiger partial charge in [0.1, 0.15) is 0 Å². The number of rotatable bonds is 1. The average molecular weight is 253 g/mol. The van der Waals surface area contributed by atoms with E-state index >= 15 is 0 Å². The summed E-state index contributed by atoms with van der Waals surface area (Å²) in [5, 5.41) is 0. The lowest BCUT2D eigenvalue weighted by Crippen LogP contribution is -2.57. The molecule has 11 heteroatoms. The lowest BCUT2D eigenvalue weighted by atomic mass is 10.5. The first-order valence-corrected chi connectivity index (χ1v) is 2.91. The molecule has 0 fully saturated rings. The molecule has 1 nitrogen and oxygen atoms in total. The van der Waals surface area contributed by atoms with E-state index < -0.39 is 30.0 Å². The molecule has 0 saturated carbocycles.